The first-order valence-corrected chi connectivity index (χ1v) is 4.54. The highest BCUT2D eigenvalue weighted by Gasteiger charge is 1.95. The molecule has 0 spiro atoms. The summed E-state index contributed by atoms with van der Waals surface area (Å²) in [5, 5.41) is 7.79. The van der Waals surface area contributed by atoms with Crippen molar-refractivity contribution in [3.8, 4) is 0 Å². The van der Waals surface area contributed by atoms with Gasteiger partial charge in [0, 0.05) is 7.05 Å². The van der Waals surface area contributed by atoms with E-state index in [2.05, 4.69) is 24.2 Å². The Morgan fingerprint density at radius 3 is 2.46 bits per heavy atom. The van der Waals surface area contributed by atoms with Crippen molar-refractivity contribution in [1.82, 2.24) is 15.0 Å². The van der Waals surface area contributed by atoms with E-state index >= 15 is 0 Å². The number of fused-ring (bicyclic) bond motifs is 1. The van der Waals surface area contributed by atoms with E-state index in [4.69, 9.17) is 0 Å². The summed E-state index contributed by atoms with van der Waals surface area (Å²) in [6, 6.07) is 7.88. The van der Waals surface area contributed by atoms with Crippen LogP contribution in [0, 0.1) is 0 Å². The molecule has 2 aromatic rings. The van der Waals surface area contributed by atoms with Gasteiger partial charge in [0.1, 0.15) is 5.52 Å². The molecule has 13 heavy (non-hydrogen) atoms. The summed E-state index contributed by atoms with van der Waals surface area (Å²) in [6.45, 7) is 4.25. The number of nitrogens with zero attached hydrogens (tertiary/aromatic N) is 3. The number of rotatable bonds is 0. The third-order valence-corrected chi connectivity index (χ3v) is 1.52. The van der Waals surface area contributed by atoms with E-state index < -0.39 is 0 Å². The minimum absolute atomic E-state index is 0.949. The normalized spacial score (nSPS) is 9.46. The minimum atomic E-state index is 0.949. The van der Waals surface area contributed by atoms with Gasteiger partial charge in [-0.25, -0.2) is 4.68 Å². The molecule has 1 heterocycles. The van der Waals surface area contributed by atoms with Gasteiger partial charge in [-0.15, -0.1) is 5.10 Å². The van der Waals surface area contributed by atoms with E-state index in [1.165, 1.54) is 6.42 Å². The first kappa shape index (κ1) is 9.71. The highest BCUT2D eigenvalue weighted by Crippen LogP contribution is 2.06. The van der Waals surface area contributed by atoms with Crippen molar-refractivity contribution in [2.75, 3.05) is 0 Å². The summed E-state index contributed by atoms with van der Waals surface area (Å²) in [5.74, 6) is 0. The van der Waals surface area contributed by atoms with Crippen LogP contribution in [0.1, 0.15) is 20.3 Å². The highest BCUT2D eigenvalue weighted by atomic mass is 15.4. The molecule has 0 saturated heterocycles. The van der Waals surface area contributed by atoms with Gasteiger partial charge in [-0.1, -0.05) is 37.6 Å². The van der Waals surface area contributed by atoms with Crippen LogP contribution in [0.25, 0.3) is 11.0 Å². The van der Waals surface area contributed by atoms with E-state index in [0.717, 1.165) is 11.0 Å². The molecule has 0 radical (unpaired) electrons. The quantitative estimate of drug-likeness (QED) is 0.618. The van der Waals surface area contributed by atoms with E-state index in [1.54, 1.807) is 4.68 Å². The van der Waals surface area contributed by atoms with E-state index in [0.29, 0.717) is 0 Å². The van der Waals surface area contributed by atoms with Gasteiger partial charge in [-0.2, -0.15) is 0 Å². The molecule has 0 amide bonds. The lowest BCUT2D eigenvalue weighted by molar-refractivity contribution is 0.736. The first-order valence-electron chi connectivity index (χ1n) is 4.54. The summed E-state index contributed by atoms with van der Waals surface area (Å²) >= 11 is 0. The molecule has 0 aliphatic heterocycles. The Morgan fingerprint density at radius 1 is 1.23 bits per heavy atom. The zero-order valence-electron chi connectivity index (χ0n) is 8.36. The van der Waals surface area contributed by atoms with Gasteiger partial charge in [0.25, 0.3) is 0 Å². The van der Waals surface area contributed by atoms with Gasteiger partial charge in [-0.05, 0) is 12.1 Å². The molecule has 0 atom stereocenters. The van der Waals surface area contributed by atoms with Gasteiger partial charge in [0.2, 0.25) is 0 Å². The fraction of sp³-hybridized carbons (Fsp3) is 0.400. The zero-order chi connectivity index (χ0) is 9.68. The SMILES string of the molecule is CCC.Cn1nnc2ccccc21. The molecule has 0 aliphatic rings. The van der Waals surface area contributed by atoms with Crippen molar-refractivity contribution >= 4 is 11.0 Å². The molecule has 0 unspecified atom stereocenters. The van der Waals surface area contributed by atoms with Gasteiger partial charge >= 0.3 is 0 Å². The van der Waals surface area contributed by atoms with Crippen molar-refractivity contribution in [3.63, 3.8) is 0 Å². The Bertz CT molecular complexity index is 365. The molecule has 0 saturated carbocycles. The van der Waals surface area contributed by atoms with Gasteiger partial charge in [0.15, 0.2) is 0 Å². The highest BCUT2D eigenvalue weighted by molar-refractivity contribution is 5.73. The summed E-state index contributed by atoms with van der Waals surface area (Å²) in [6.07, 6.45) is 1.25. The standard InChI is InChI=1S/C7H7N3.C3H8/c1-10-7-5-3-2-4-6(7)8-9-10;1-3-2/h2-5H,1H3;3H2,1-2H3. The second-order valence-electron chi connectivity index (χ2n) is 2.91. The molecule has 1 aromatic carbocycles. The summed E-state index contributed by atoms with van der Waals surface area (Å²) < 4.78 is 1.76. The molecule has 0 bridgehead atoms. The van der Waals surface area contributed by atoms with E-state index in [-0.39, 0.29) is 0 Å². The van der Waals surface area contributed by atoms with Crippen LogP contribution in [-0.4, -0.2) is 15.0 Å². The van der Waals surface area contributed by atoms with Gasteiger partial charge < -0.3 is 0 Å². The average Bonchev–Trinajstić information content (AvgIpc) is 2.50. The zero-order valence-corrected chi connectivity index (χ0v) is 8.36. The molecular formula is C10H15N3. The lowest BCUT2D eigenvalue weighted by Crippen LogP contribution is -1.88. The minimum Gasteiger partial charge on any atom is -0.248 e. The number of hydrogen-bond donors (Lipinski definition) is 0. The topological polar surface area (TPSA) is 30.7 Å². The van der Waals surface area contributed by atoms with Crippen LogP contribution in [0.5, 0.6) is 0 Å². The smallest absolute Gasteiger partial charge is 0.113 e. The van der Waals surface area contributed by atoms with E-state index in [1.807, 2.05) is 31.3 Å². The maximum Gasteiger partial charge on any atom is 0.113 e. The third-order valence-electron chi connectivity index (χ3n) is 1.52. The van der Waals surface area contributed by atoms with Crippen molar-refractivity contribution in [1.29, 1.82) is 0 Å². The second-order valence-corrected chi connectivity index (χ2v) is 2.91. The van der Waals surface area contributed by atoms with Crippen molar-refractivity contribution < 1.29 is 0 Å². The number of aryl methyl sites for hydroxylation is 1. The molecule has 1 aromatic heterocycles. The molecule has 3 heteroatoms. The molecule has 3 nitrogen and oxygen atoms in total. The Labute approximate surface area is 78.4 Å². The molecule has 0 fully saturated rings. The van der Waals surface area contributed by atoms with Gasteiger partial charge in [-0.3, -0.25) is 0 Å². The molecular weight excluding hydrogens is 162 g/mol. The lowest BCUT2D eigenvalue weighted by atomic mass is 10.3. The van der Waals surface area contributed by atoms with Crippen LogP contribution in [-0.2, 0) is 7.05 Å². The Hall–Kier alpha value is -1.38. The first-order chi connectivity index (χ1) is 6.29. The lowest BCUT2D eigenvalue weighted by Gasteiger charge is -1.87. The predicted octanol–water partition coefficient (Wildman–Crippen LogP) is 2.38. The fourth-order valence-corrected chi connectivity index (χ4v) is 0.986. The molecule has 70 valence electrons. The second kappa shape index (κ2) is 4.60. The van der Waals surface area contributed by atoms with Crippen LogP contribution in [0.2, 0.25) is 0 Å². The maximum atomic E-state index is 3.93. The Balaban J connectivity index is 0.000000251. The van der Waals surface area contributed by atoms with Crippen LogP contribution < -0.4 is 0 Å². The monoisotopic (exact) mass is 177 g/mol. The largest absolute Gasteiger partial charge is 0.248 e. The molecule has 0 aliphatic carbocycles. The van der Waals surface area contributed by atoms with E-state index in [9.17, 15) is 0 Å². The molecule has 2 rings (SSSR count). The summed E-state index contributed by atoms with van der Waals surface area (Å²) in [7, 11) is 1.88. The predicted molar refractivity (Wildman–Crippen MR) is 54.5 cm³/mol. The third kappa shape index (κ3) is 2.28. The van der Waals surface area contributed by atoms with Crippen molar-refractivity contribution in [3.05, 3.63) is 24.3 Å². The van der Waals surface area contributed by atoms with Crippen LogP contribution in [0.3, 0.4) is 0 Å². The number of para-hydroxylation sites is 1. The fourth-order valence-electron chi connectivity index (χ4n) is 0.986. The Morgan fingerprint density at radius 2 is 1.85 bits per heavy atom. The number of hydrogen-bond acceptors (Lipinski definition) is 2. The Kier molecular flexibility index (Phi) is 3.43. The summed E-state index contributed by atoms with van der Waals surface area (Å²) in [4.78, 5) is 0. The van der Waals surface area contributed by atoms with Crippen molar-refractivity contribution in [2.24, 2.45) is 7.05 Å². The van der Waals surface area contributed by atoms with Crippen molar-refractivity contribution in [2.45, 2.75) is 20.3 Å². The molecule has 0 N–H and O–H groups in total. The number of aromatic nitrogens is 3. The van der Waals surface area contributed by atoms with Crippen LogP contribution in [0.4, 0.5) is 0 Å². The maximum absolute atomic E-state index is 3.93. The average molecular weight is 177 g/mol. The van der Waals surface area contributed by atoms with Gasteiger partial charge in [0.05, 0.1) is 5.52 Å². The number of benzene rings is 1. The van der Waals surface area contributed by atoms with Crippen LogP contribution in [0.15, 0.2) is 24.3 Å². The van der Waals surface area contributed by atoms with Crippen LogP contribution >= 0.6 is 0 Å². The summed E-state index contributed by atoms with van der Waals surface area (Å²) in [5.41, 5.74) is 2.02.